The third kappa shape index (κ3) is 2.44. The summed E-state index contributed by atoms with van der Waals surface area (Å²) >= 11 is 0. The highest BCUT2D eigenvalue weighted by Gasteiger charge is 2.29. The van der Waals surface area contributed by atoms with Gasteiger partial charge in [0.25, 0.3) is 0 Å². The average molecular weight is 264 g/mol. The molecule has 3 heteroatoms. The quantitative estimate of drug-likeness (QED) is 0.894. The molecule has 20 heavy (non-hydrogen) atoms. The van der Waals surface area contributed by atoms with Gasteiger partial charge in [-0.2, -0.15) is 5.26 Å². The molecule has 0 saturated heterocycles. The first-order valence-corrected chi connectivity index (χ1v) is 6.76. The van der Waals surface area contributed by atoms with Crippen LogP contribution >= 0.6 is 0 Å². The Labute approximate surface area is 118 Å². The van der Waals surface area contributed by atoms with E-state index in [0.717, 1.165) is 5.56 Å². The summed E-state index contributed by atoms with van der Waals surface area (Å²) in [6.07, 6.45) is 0.318. The van der Waals surface area contributed by atoms with E-state index in [9.17, 15) is 5.11 Å². The molecule has 2 N–H and O–H groups in total. The van der Waals surface area contributed by atoms with Crippen LogP contribution in [0.3, 0.4) is 0 Å². The summed E-state index contributed by atoms with van der Waals surface area (Å²) in [5.74, 6) is 0. The number of benzene rings is 2. The van der Waals surface area contributed by atoms with Gasteiger partial charge in [0.15, 0.2) is 0 Å². The largest absolute Gasteiger partial charge is 0.391 e. The Morgan fingerprint density at radius 1 is 1.20 bits per heavy atom. The van der Waals surface area contributed by atoms with Crippen molar-refractivity contribution < 1.29 is 5.11 Å². The molecule has 0 amide bonds. The van der Waals surface area contributed by atoms with Gasteiger partial charge in [0, 0.05) is 13.0 Å². The first-order chi connectivity index (χ1) is 9.78. The van der Waals surface area contributed by atoms with E-state index in [0.29, 0.717) is 18.5 Å². The molecule has 0 aliphatic heterocycles. The van der Waals surface area contributed by atoms with Crippen LogP contribution in [0.1, 0.15) is 28.3 Å². The fraction of sp³-hybridized carbons (Fsp3) is 0.235. The number of hydrogen-bond donors (Lipinski definition) is 2. The Kier molecular flexibility index (Phi) is 3.51. The molecule has 0 heterocycles. The minimum absolute atomic E-state index is 0.0306. The monoisotopic (exact) mass is 264 g/mol. The Morgan fingerprint density at radius 3 is 2.90 bits per heavy atom. The predicted octanol–water partition coefficient (Wildman–Crippen LogP) is 2.31. The molecule has 100 valence electrons. The average Bonchev–Trinajstić information content (AvgIpc) is 2.81. The van der Waals surface area contributed by atoms with Gasteiger partial charge >= 0.3 is 0 Å². The summed E-state index contributed by atoms with van der Waals surface area (Å²) in [5, 5.41) is 22.5. The Hall–Kier alpha value is -2.15. The van der Waals surface area contributed by atoms with Crippen LogP contribution in [0.2, 0.25) is 0 Å². The molecular weight excluding hydrogens is 248 g/mol. The zero-order valence-corrected chi connectivity index (χ0v) is 11.1. The van der Waals surface area contributed by atoms with Crippen molar-refractivity contribution in [3.05, 3.63) is 70.8 Å². The van der Waals surface area contributed by atoms with Crippen LogP contribution in [0.15, 0.2) is 48.5 Å². The van der Waals surface area contributed by atoms with Crippen molar-refractivity contribution in [2.24, 2.45) is 0 Å². The van der Waals surface area contributed by atoms with Crippen LogP contribution in [-0.4, -0.2) is 11.2 Å². The number of hydrogen-bond acceptors (Lipinski definition) is 3. The molecule has 0 spiro atoms. The molecular formula is C17H16N2O. The lowest BCUT2D eigenvalue weighted by atomic mass is 10.1. The van der Waals surface area contributed by atoms with Crippen molar-refractivity contribution in [2.75, 3.05) is 0 Å². The highest BCUT2D eigenvalue weighted by Crippen LogP contribution is 2.31. The second-order valence-corrected chi connectivity index (χ2v) is 5.14. The standard InChI is InChI=1S/C17H16N2O/c18-10-12-4-3-5-13(8-12)11-19-17-15-7-2-1-6-14(15)9-16(17)20/h1-8,16-17,19-20H,9,11H2/t16-,17+/m1/s1. The summed E-state index contributed by atoms with van der Waals surface area (Å²) in [4.78, 5) is 0. The Morgan fingerprint density at radius 2 is 2.05 bits per heavy atom. The van der Waals surface area contributed by atoms with Gasteiger partial charge in [0.2, 0.25) is 0 Å². The maximum atomic E-state index is 10.2. The van der Waals surface area contributed by atoms with Gasteiger partial charge in [0.05, 0.1) is 23.8 Å². The molecule has 2 aromatic carbocycles. The number of nitriles is 1. The zero-order chi connectivity index (χ0) is 13.9. The first kappa shape index (κ1) is 12.9. The van der Waals surface area contributed by atoms with Gasteiger partial charge in [-0.25, -0.2) is 0 Å². The molecule has 2 atom stereocenters. The minimum Gasteiger partial charge on any atom is -0.391 e. The van der Waals surface area contributed by atoms with Gasteiger partial charge in [0.1, 0.15) is 0 Å². The highest BCUT2D eigenvalue weighted by atomic mass is 16.3. The van der Waals surface area contributed by atoms with E-state index in [-0.39, 0.29) is 12.1 Å². The third-order valence-electron chi connectivity index (χ3n) is 3.79. The van der Waals surface area contributed by atoms with E-state index in [2.05, 4.69) is 23.5 Å². The van der Waals surface area contributed by atoms with Crippen LogP contribution in [0.25, 0.3) is 0 Å². The van der Waals surface area contributed by atoms with Crippen LogP contribution in [0.4, 0.5) is 0 Å². The summed E-state index contributed by atoms with van der Waals surface area (Å²) in [5.41, 5.74) is 4.11. The fourth-order valence-electron chi connectivity index (χ4n) is 2.80. The Balaban J connectivity index is 1.74. The molecule has 1 aliphatic carbocycles. The molecule has 0 unspecified atom stereocenters. The van der Waals surface area contributed by atoms with E-state index in [1.807, 2.05) is 30.3 Å². The number of nitrogens with one attached hydrogen (secondary N) is 1. The van der Waals surface area contributed by atoms with Crippen LogP contribution < -0.4 is 5.32 Å². The molecule has 3 rings (SSSR count). The van der Waals surface area contributed by atoms with Crippen molar-refractivity contribution in [3.8, 4) is 6.07 Å². The molecule has 2 aromatic rings. The molecule has 0 aromatic heterocycles. The summed E-state index contributed by atoms with van der Waals surface area (Å²) in [7, 11) is 0. The summed E-state index contributed by atoms with van der Waals surface area (Å²) < 4.78 is 0. The lowest BCUT2D eigenvalue weighted by molar-refractivity contribution is 0.140. The van der Waals surface area contributed by atoms with Gasteiger partial charge in [-0.3, -0.25) is 0 Å². The minimum atomic E-state index is -0.383. The lowest BCUT2D eigenvalue weighted by Gasteiger charge is -2.18. The molecule has 0 radical (unpaired) electrons. The second-order valence-electron chi connectivity index (χ2n) is 5.14. The predicted molar refractivity (Wildman–Crippen MR) is 76.9 cm³/mol. The summed E-state index contributed by atoms with van der Waals surface area (Å²) in [6, 6.07) is 17.8. The molecule has 0 fully saturated rings. The van der Waals surface area contributed by atoms with Crippen molar-refractivity contribution in [3.63, 3.8) is 0 Å². The smallest absolute Gasteiger partial charge is 0.0991 e. The van der Waals surface area contributed by atoms with E-state index < -0.39 is 0 Å². The zero-order valence-electron chi connectivity index (χ0n) is 11.1. The topological polar surface area (TPSA) is 56.0 Å². The van der Waals surface area contributed by atoms with E-state index in [1.54, 1.807) is 6.07 Å². The second kappa shape index (κ2) is 5.46. The normalized spacial score (nSPS) is 20.4. The van der Waals surface area contributed by atoms with Crippen LogP contribution in [0.5, 0.6) is 0 Å². The van der Waals surface area contributed by atoms with Gasteiger partial charge in [-0.15, -0.1) is 0 Å². The molecule has 0 saturated carbocycles. The van der Waals surface area contributed by atoms with Crippen LogP contribution in [-0.2, 0) is 13.0 Å². The third-order valence-corrected chi connectivity index (χ3v) is 3.79. The van der Waals surface area contributed by atoms with Crippen LogP contribution in [0, 0.1) is 11.3 Å². The van der Waals surface area contributed by atoms with Crippen molar-refractivity contribution in [2.45, 2.75) is 25.1 Å². The fourth-order valence-corrected chi connectivity index (χ4v) is 2.80. The van der Waals surface area contributed by atoms with E-state index in [1.165, 1.54) is 11.1 Å². The number of fused-ring (bicyclic) bond motifs is 1. The van der Waals surface area contributed by atoms with Crippen molar-refractivity contribution in [1.82, 2.24) is 5.32 Å². The van der Waals surface area contributed by atoms with Gasteiger partial charge in [-0.1, -0.05) is 36.4 Å². The lowest BCUT2D eigenvalue weighted by Crippen LogP contribution is -2.28. The number of aliphatic hydroxyl groups is 1. The number of aliphatic hydroxyl groups excluding tert-OH is 1. The van der Waals surface area contributed by atoms with Gasteiger partial charge in [-0.05, 0) is 28.8 Å². The molecule has 1 aliphatic rings. The van der Waals surface area contributed by atoms with E-state index >= 15 is 0 Å². The molecule has 3 nitrogen and oxygen atoms in total. The maximum absolute atomic E-state index is 10.2. The highest BCUT2D eigenvalue weighted by molar-refractivity contribution is 5.37. The number of rotatable bonds is 3. The number of nitrogens with zero attached hydrogens (tertiary/aromatic N) is 1. The maximum Gasteiger partial charge on any atom is 0.0991 e. The SMILES string of the molecule is N#Cc1cccc(CN[C@H]2c3ccccc3C[C@H]2O)c1. The van der Waals surface area contributed by atoms with Crippen molar-refractivity contribution in [1.29, 1.82) is 5.26 Å². The van der Waals surface area contributed by atoms with Crippen molar-refractivity contribution >= 4 is 0 Å². The van der Waals surface area contributed by atoms with E-state index in [4.69, 9.17) is 5.26 Å². The first-order valence-electron chi connectivity index (χ1n) is 6.76. The molecule has 0 bridgehead atoms. The summed E-state index contributed by atoms with van der Waals surface area (Å²) in [6.45, 7) is 0.644. The Bertz CT molecular complexity index is 660. The van der Waals surface area contributed by atoms with Gasteiger partial charge < -0.3 is 10.4 Å².